The molecule has 0 radical (unpaired) electrons. The fourth-order valence-electron chi connectivity index (χ4n) is 7.94. The summed E-state index contributed by atoms with van der Waals surface area (Å²) in [6.07, 6.45) is 6.62. The Morgan fingerprint density at radius 1 is 0.672 bits per heavy atom. The molecule has 4 aromatic carbocycles. The number of carbonyl (C=O) groups excluding carboxylic acids is 2. The van der Waals surface area contributed by atoms with Crippen LogP contribution >= 0.6 is 0 Å². The Kier molecular flexibility index (Phi) is 11.5. The van der Waals surface area contributed by atoms with Gasteiger partial charge in [0.15, 0.2) is 0 Å². The van der Waals surface area contributed by atoms with Crippen molar-refractivity contribution in [3.8, 4) is 23.0 Å². The van der Waals surface area contributed by atoms with E-state index in [-0.39, 0.29) is 37.9 Å². The number of fused-ring (bicyclic) bond motifs is 4. The van der Waals surface area contributed by atoms with Crippen molar-refractivity contribution in [3.05, 3.63) is 119 Å². The number of H-pyrrole nitrogens is 2. The lowest BCUT2D eigenvalue weighted by Crippen LogP contribution is -2.48. The Balaban J connectivity index is 0.994. The van der Waals surface area contributed by atoms with Gasteiger partial charge in [0.1, 0.15) is 47.8 Å². The van der Waals surface area contributed by atoms with Crippen molar-refractivity contribution in [1.29, 1.82) is 0 Å². The monoisotopic (exact) mass is 794 g/mol. The molecular weight excluding hydrogens is 750 g/mol. The smallest absolute Gasteiger partial charge is 0.438 e. The molecule has 12 nitrogen and oxygen atoms in total. The number of ether oxygens (including phenoxy) is 4. The van der Waals surface area contributed by atoms with Crippen LogP contribution in [0.3, 0.4) is 0 Å². The summed E-state index contributed by atoms with van der Waals surface area (Å²) in [5.74, 6) is -0.463. The first-order valence-electron chi connectivity index (χ1n) is 19.3. The predicted octanol–water partition coefficient (Wildman–Crippen LogP) is 7.04. The average Bonchev–Trinajstić information content (AvgIpc) is 3.84. The number of methoxy groups -OCH3 is 2. The van der Waals surface area contributed by atoms with Crippen molar-refractivity contribution in [3.63, 3.8) is 0 Å². The number of hydrogen-bond acceptors (Lipinski definition) is 10. The van der Waals surface area contributed by atoms with Crippen LogP contribution in [-0.4, -0.2) is 84.6 Å². The molecule has 0 bridgehead atoms. The largest absolute Gasteiger partial charge is 0.496 e. The van der Waals surface area contributed by atoms with Crippen LogP contribution in [0.15, 0.2) is 85.2 Å². The van der Waals surface area contributed by atoms with Crippen molar-refractivity contribution in [2.75, 3.05) is 40.5 Å². The molecule has 302 valence electrons. The quantitative estimate of drug-likeness (QED) is 0.0876. The van der Waals surface area contributed by atoms with Crippen molar-refractivity contribution >= 4 is 33.7 Å². The van der Waals surface area contributed by atoms with Crippen molar-refractivity contribution in [1.82, 2.24) is 20.1 Å². The molecule has 4 heterocycles. The van der Waals surface area contributed by atoms with Gasteiger partial charge in [-0.1, -0.05) is 12.1 Å². The number of nitrogens with zero attached hydrogens (tertiary/aromatic N) is 2. The summed E-state index contributed by atoms with van der Waals surface area (Å²) < 4.78 is 51.6. The van der Waals surface area contributed by atoms with E-state index in [4.69, 9.17) is 28.6 Å². The molecule has 2 aromatic heterocycles. The highest BCUT2D eigenvalue weighted by atomic mass is 19.1. The number of aryl methyl sites for hydroxylation is 2. The molecule has 2 atom stereocenters. The second-order valence-corrected chi connectivity index (χ2v) is 14.5. The first-order chi connectivity index (χ1) is 28.3. The van der Waals surface area contributed by atoms with Gasteiger partial charge >= 0.3 is 11.9 Å². The highest BCUT2D eigenvalue weighted by molar-refractivity contribution is 6.29. The summed E-state index contributed by atoms with van der Waals surface area (Å²) in [5, 5.41) is 4.49. The molecule has 14 heteroatoms. The van der Waals surface area contributed by atoms with Gasteiger partial charge in [0, 0.05) is 71.3 Å². The summed E-state index contributed by atoms with van der Waals surface area (Å²) in [6.45, 7) is 0.847. The second-order valence-electron chi connectivity index (χ2n) is 14.5. The minimum absolute atomic E-state index is 0.186. The maximum absolute atomic E-state index is 14.1. The topological polar surface area (TPSA) is 128 Å². The van der Waals surface area contributed by atoms with E-state index in [1.165, 1.54) is 34.4 Å². The maximum Gasteiger partial charge on any atom is 0.438 e. The first-order valence-corrected chi connectivity index (χ1v) is 19.3. The number of nitrogens with one attached hydrogen (secondary N) is 2. The van der Waals surface area contributed by atoms with E-state index in [1.807, 2.05) is 48.8 Å². The molecule has 0 spiro atoms. The van der Waals surface area contributed by atoms with Crippen LogP contribution in [0, 0.1) is 11.6 Å². The number of benzene rings is 4. The van der Waals surface area contributed by atoms with E-state index in [9.17, 15) is 18.4 Å². The van der Waals surface area contributed by atoms with Crippen LogP contribution in [0.5, 0.6) is 23.0 Å². The first kappa shape index (κ1) is 38.7. The Morgan fingerprint density at radius 3 is 1.55 bits per heavy atom. The van der Waals surface area contributed by atoms with Crippen LogP contribution in [0.4, 0.5) is 8.78 Å². The van der Waals surface area contributed by atoms with Crippen LogP contribution in [-0.2, 0) is 44.9 Å². The van der Waals surface area contributed by atoms with E-state index < -0.39 is 24.0 Å². The number of rotatable bonds is 14. The lowest BCUT2D eigenvalue weighted by atomic mass is 10.0. The highest BCUT2D eigenvalue weighted by Gasteiger charge is 2.35. The van der Waals surface area contributed by atoms with Gasteiger partial charge in [-0.05, 0) is 97.5 Å². The lowest BCUT2D eigenvalue weighted by molar-refractivity contribution is -0.232. The molecule has 0 saturated heterocycles. The number of halogens is 2. The molecular formula is C44H44F2N4O8. The fraction of sp³-hybridized carbons (Fsp3) is 0.318. The van der Waals surface area contributed by atoms with Crippen LogP contribution in [0.25, 0.3) is 21.8 Å². The fourth-order valence-corrected chi connectivity index (χ4v) is 7.94. The Labute approximate surface area is 333 Å². The molecule has 6 aromatic rings. The third-order valence-electron chi connectivity index (χ3n) is 10.9. The van der Waals surface area contributed by atoms with Gasteiger partial charge in [-0.15, -0.1) is 10.1 Å². The Hall–Kier alpha value is -6.12. The van der Waals surface area contributed by atoms with Gasteiger partial charge in [-0.3, -0.25) is 0 Å². The van der Waals surface area contributed by atoms with Gasteiger partial charge in [0.05, 0.1) is 26.3 Å². The zero-order valence-corrected chi connectivity index (χ0v) is 32.2. The predicted molar refractivity (Wildman–Crippen MR) is 211 cm³/mol. The van der Waals surface area contributed by atoms with Crippen molar-refractivity contribution < 1.29 is 47.0 Å². The van der Waals surface area contributed by atoms with Gasteiger partial charge < -0.3 is 38.6 Å². The summed E-state index contributed by atoms with van der Waals surface area (Å²) in [5.41, 5.74) is 5.08. The molecule has 0 fully saturated rings. The normalized spacial score (nSPS) is 16.1. The molecule has 2 N–H and O–H groups in total. The number of aromatic amines is 2. The van der Waals surface area contributed by atoms with Crippen LogP contribution < -0.4 is 18.9 Å². The van der Waals surface area contributed by atoms with E-state index in [2.05, 4.69) is 9.97 Å². The molecule has 0 saturated carbocycles. The van der Waals surface area contributed by atoms with Crippen LogP contribution in [0.2, 0.25) is 0 Å². The SMILES string of the molecule is COc1cccc2c1CC(N(CCCc1c[nH]c3ccc(F)cc13)OC(=O)C(=O)ON(CCCc1c[nH]c3ccc(F)cc13)C1COc3cccc(OC)c3C1)CO2. The summed E-state index contributed by atoms with van der Waals surface area (Å²) in [4.78, 5) is 45.6. The molecule has 0 aliphatic carbocycles. The van der Waals surface area contributed by atoms with Crippen LogP contribution in [0.1, 0.15) is 35.1 Å². The Morgan fingerprint density at radius 2 is 1.12 bits per heavy atom. The second kappa shape index (κ2) is 17.2. The van der Waals surface area contributed by atoms with Gasteiger partial charge in [-0.2, -0.15) is 0 Å². The maximum atomic E-state index is 14.1. The number of hydroxylamine groups is 4. The third-order valence-corrected chi connectivity index (χ3v) is 10.9. The average molecular weight is 795 g/mol. The number of aromatic nitrogens is 2. The number of carbonyl (C=O) groups is 2. The zero-order valence-electron chi connectivity index (χ0n) is 32.2. The Bertz CT molecular complexity index is 2240. The summed E-state index contributed by atoms with van der Waals surface area (Å²) in [7, 11) is 3.16. The van der Waals surface area contributed by atoms with Crippen molar-refractivity contribution in [2.24, 2.45) is 0 Å². The van der Waals surface area contributed by atoms with E-state index >= 15 is 0 Å². The van der Waals surface area contributed by atoms with Gasteiger partial charge in [-0.25, -0.2) is 18.4 Å². The minimum Gasteiger partial charge on any atom is -0.496 e. The number of hydrogen-bond donors (Lipinski definition) is 2. The minimum atomic E-state index is -1.20. The molecule has 8 rings (SSSR count). The third kappa shape index (κ3) is 8.29. The highest BCUT2D eigenvalue weighted by Crippen LogP contribution is 2.36. The van der Waals surface area contributed by atoms with Gasteiger partial charge in [0.2, 0.25) is 0 Å². The standard InChI is InChI=1S/C44H44F2N4O8/c1-53-39-9-3-11-41-35(39)21-31(25-55-41)49(17-5-7-27-23-47-37-15-13-29(45)19-33(27)37)57-43(51)44(52)58-50(32-22-36-40(54-2)10-4-12-42(36)56-26-32)18-6-8-28-24-48-38-16-14-30(46)20-34(28)38/h3-4,9-16,19-20,23-24,31-32,47-48H,5-8,17-18,21-22,25-26H2,1-2H3. The molecule has 2 unspecified atom stereocenters. The molecule has 2 aliphatic heterocycles. The van der Waals surface area contributed by atoms with E-state index in [1.54, 1.807) is 26.4 Å². The van der Waals surface area contributed by atoms with E-state index in [0.717, 1.165) is 44.1 Å². The summed E-state index contributed by atoms with van der Waals surface area (Å²) in [6, 6.07) is 19.3. The van der Waals surface area contributed by atoms with Gasteiger partial charge in [0.25, 0.3) is 0 Å². The molecule has 58 heavy (non-hydrogen) atoms. The zero-order chi connectivity index (χ0) is 40.2. The van der Waals surface area contributed by atoms with Crippen molar-refractivity contribution in [2.45, 2.75) is 50.6 Å². The summed E-state index contributed by atoms with van der Waals surface area (Å²) >= 11 is 0. The lowest BCUT2D eigenvalue weighted by Gasteiger charge is -2.35. The van der Waals surface area contributed by atoms with E-state index in [0.29, 0.717) is 61.5 Å². The molecule has 2 aliphatic rings. The molecule has 0 amide bonds.